The lowest BCUT2D eigenvalue weighted by Crippen LogP contribution is -2.17. The van der Waals surface area contributed by atoms with Gasteiger partial charge in [0.1, 0.15) is 11.5 Å². The van der Waals surface area contributed by atoms with E-state index in [-0.39, 0.29) is 10.8 Å². The van der Waals surface area contributed by atoms with E-state index in [0.29, 0.717) is 12.3 Å². The zero-order chi connectivity index (χ0) is 19.5. The second-order valence-electron chi connectivity index (χ2n) is 8.78. The average Bonchev–Trinajstić information content (AvgIpc) is 2.54. The highest BCUT2D eigenvalue weighted by molar-refractivity contribution is 5.85. The van der Waals surface area contributed by atoms with E-state index in [9.17, 15) is 5.11 Å². The van der Waals surface area contributed by atoms with Crippen LogP contribution in [0.2, 0.25) is 0 Å². The van der Waals surface area contributed by atoms with E-state index in [1.165, 1.54) is 5.56 Å². The third kappa shape index (κ3) is 4.87. The molecule has 0 fully saturated rings. The fraction of sp³-hybridized carbons (Fsp3) is 0.435. The maximum atomic E-state index is 10.8. The van der Waals surface area contributed by atoms with E-state index in [0.717, 1.165) is 22.4 Å². The monoisotopic (exact) mass is 353 g/mol. The van der Waals surface area contributed by atoms with Gasteiger partial charge < -0.3 is 9.84 Å². The molecule has 0 spiro atoms. The number of benzene rings is 2. The van der Waals surface area contributed by atoms with Crippen LogP contribution < -0.4 is 4.74 Å². The Morgan fingerprint density at radius 3 is 2.27 bits per heavy atom. The lowest BCUT2D eigenvalue weighted by atomic mass is 9.79. The van der Waals surface area contributed by atoms with Crippen molar-refractivity contribution in [2.45, 2.75) is 58.9 Å². The molecule has 3 nitrogen and oxygen atoms in total. The van der Waals surface area contributed by atoms with E-state index in [1.54, 1.807) is 13.3 Å². The van der Waals surface area contributed by atoms with Crippen LogP contribution in [0.25, 0.3) is 0 Å². The maximum absolute atomic E-state index is 10.8. The van der Waals surface area contributed by atoms with E-state index < -0.39 is 0 Å². The molecule has 0 heterocycles. The molecule has 0 radical (unpaired) electrons. The summed E-state index contributed by atoms with van der Waals surface area (Å²) in [5, 5.41) is 10.8. The number of rotatable bonds is 4. The molecule has 0 amide bonds. The molecule has 0 aliphatic carbocycles. The van der Waals surface area contributed by atoms with Gasteiger partial charge in [-0.1, -0.05) is 59.7 Å². The van der Waals surface area contributed by atoms with Crippen molar-refractivity contribution in [2.24, 2.45) is 4.99 Å². The lowest BCUT2D eigenvalue weighted by Gasteiger charge is -2.27. The quantitative estimate of drug-likeness (QED) is 0.725. The van der Waals surface area contributed by atoms with E-state index in [4.69, 9.17) is 4.74 Å². The first-order chi connectivity index (χ1) is 12.0. The molecular formula is C23H31NO2. The second-order valence-corrected chi connectivity index (χ2v) is 8.78. The lowest BCUT2D eigenvalue weighted by molar-refractivity contribution is 0.414. The van der Waals surface area contributed by atoms with E-state index >= 15 is 0 Å². The summed E-state index contributed by atoms with van der Waals surface area (Å²) in [6.07, 6.45) is 1.78. The number of hydrogen-bond acceptors (Lipinski definition) is 3. The first-order valence-corrected chi connectivity index (χ1v) is 9.03. The first-order valence-electron chi connectivity index (χ1n) is 9.03. The van der Waals surface area contributed by atoms with E-state index in [2.05, 4.69) is 52.6 Å². The Kier molecular flexibility index (Phi) is 5.80. The molecule has 26 heavy (non-hydrogen) atoms. The van der Waals surface area contributed by atoms with Crippen LogP contribution in [0.3, 0.4) is 0 Å². The number of aliphatic imine (C=N–C) groups is 1. The third-order valence-electron chi connectivity index (χ3n) is 4.45. The number of phenolic OH excluding ortho intramolecular Hbond substituents is 1. The number of phenols is 1. The Morgan fingerprint density at radius 1 is 1.00 bits per heavy atom. The Labute approximate surface area is 157 Å². The molecular weight excluding hydrogens is 322 g/mol. The van der Waals surface area contributed by atoms with Crippen molar-refractivity contribution in [3.63, 3.8) is 0 Å². The highest BCUT2D eigenvalue weighted by Crippen LogP contribution is 2.37. The van der Waals surface area contributed by atoms with Crippen LogP contribution in [0.4, 0.5) is 0 Å². The minimum atomic E-state index is -0.138. The van der Waals surface area contributed by atoms with Gasteiger partial charge in [-0.3, -0.25) is 4.99 Å². The molecule has 0 saturated carbocycles. The summed E-state index contributed by atoms with van der Waals surface area (Å²) in [5.41, 5.74) is 3.85. The molecule has 0 aromatic heterocycles. The largest absolute Gasteiger partial charge is 0.507 e. The Balaban J connectivity index is 2.38. The summed E-state index contributed by atoms with van der Waals surface area (Å²) in [6.45, 7) is 13.4. The van der Waals surface area contributed by atoms with Gasteiger partial charge in [-0.25, -0.2) is 0 Å². The summed E-state index contributed by atoms with van der Waals surface area (Å²) in [7, 11) is 1.66. The highest BCUT2D eigenvalue weighted by Gasteiger charge is 2.24. The van der Waals surface area contributed by atoms with Crippen molar-refractivity contribution in [2.75, 3.05) is 7.11 Å². The standard InChI is InChI=1S/C23H31NO2/c1-22(2,3)18-12-17(21(25)20(13-18)23(4,5)6)15-24-14-16-9-8-10-19(11-16)26-7/h8-13,15,25H,14H2,1-7H3. The topological polar surface area (TPSA) is 41.8 Å². The molecule has 2 rings (SSSR count). The molecule has 2 aromatic rings. The summed E-state index contributed by atoms with van der Waals surface area (Å²) in [4.78, 5) is 4.55. The normalized spacial score (nSPS) is 12.6. The third-order valence-corrected chi connectivity index (χ3v) is 4.45. The zero-order valence-electron chi connectivity index (χ0n) is 17.1. The zero-order valence-corrected chi connectivity index (χ0v) is 17.1. The van der Waals surface area contributed by atoms with Gasteiger partial charge in [0.05, 0.1) is 13.7 Å². The molecule has 2 aromatic carbocycles. The van der Waals surface area contributed by atoms with Crippen LogP contribution >= 0.6 is 0 Å². The van der Waals surface area contributed by atoms with Gasteiger partial charge >= 0.3 is 0 Å². The van der Waals surface area contributed by atoms with Crippen molar-refractivity contribution in [1.82, 2.24) is 0 Å². The molecule has 0 bridgehead atoms. The predicted octanol–water partition coefficient (Wildman–Crippen LogP) is 5.61. The predicted molar refractivity (Wildman–Crippen MR) is 110 cm³/mol. The molecule has 0 aliphatic heterocycles. The van der Waals surface area contributed by atoms with Gasteiger partial charge in [-0.15, -0.1) is 0 Å². The van der Waals surface area contributed by atoms with Crippen LogP contribution in [0, 0.1) is 0 Å². The second kappa shape index (κ2) is 7.53. The van der Waals surface area contributed by atoms with Gasteiger partial charge in [0.2, 0.25) is 0 Å². The average molecular weight is 354 g/mol. The van der Waals surface area contributed by atoms with Gasteiger partial charge in [0.15, 0.2) is 0 Å². The van der Waals surface area contributed by atoms with Crippen LogP contribution in [0.15, 0.2) is 41.4 Å². The highest BCUT2D eigenvalue weighted by atomic mass is 16.5. The Bertz CT molecular complexity index is 793. The summed E-state index contributed by atoms with van der Waals surface area (Å²) < 4.78 is 5.25. The van der Waals surface area contributed by atoms with Gasteiger partial charge in [0, 0.05) is 17.3 Å². The minimum Gasteiger partial charge on any atom is -0.507 e. The fourth-order valence-corrected chi connectivity index (χ4v) is 2.78. The molecule has 0 unspecified atom stereocenters. The fourth-order valence-electron chi connectivity index (χ4n) is 2.78. The number of hydrogen-bond donors (Lipinski definition) is 1. The van der Waals surface area contributed by atoms with Crippen molar-refractivity contribution >= 4 is 6.21 Å². The molecule has 140 valence electrons. The SMILES string of the molecule is COc1cccc(CN=Cc2cc(C(C)(C)C)cc(C(C)(C)C)c2O)c1. The molecule has 0 atom stereocenters. The Morgan fingerprint density at radius 2 is 1.69 bits per heavy atom. The smallest absolute Gasteiger partial charge is 0.128 e. The molecule has 0 aliphatic rings. The molecule has 3 heteroatoms. The van der Waals surface area contributed by atoms with Crippen LogP contribution in [0.1, 0.15) is 63.8 Å². The Hall–Kier alpha value is -2.29. The molecule has 0 saturated heterocycles. The number of nitrogens with zero attached hydrogens (tertiary/aromatic N) is 1. The van der Waals surface area contributed by atoms with Crippen LogP contribution in [0.5, 0.6) is 11.5 Å². The van der Waals surface area contributed by atoms with Gasteiger partial charge in [0.25, 0.3) is 0 Å². The van der Waals surface area contributed by atoms with Crippen molar-refractivity contribution in [3.05, 3.63) is 58.7 Å². The molecule has 1 N–H and O–H groups in total. The van der Waals surface area contributed by atoms with Crippen LogP contribution in [-0.4, -0.2) is 18.4 Å². The van der Waals surface area contributed by atoms with E-state index in [1.807, 2.05) is 30.3 Å². The van der Waals surface area contributed by atoms with Crippen molar-refractivity contribution in [1.29, 1.82) is 0 Å². The first kappa shape index (κ1) is 20.0. The van der Waals surface area contributed by atoms with Crippen LogP contribution in [-0.2, 0) is 17.4 Å². The number of ether oxygens (including phenoxy) is 1. The summed E-state index contributed by atoms with van der Waals surface area (Å²) in [6, 6.07) is 12.0. The number of methoxy groups -OCH3 is 1. The van der Waals surface area contributed by atoms with Gasteiger partial charge in [-0.05, 0) is 40.2 Å². The van der Waals surface area contributed by atoms with Crippen molar-refractivity contribution in [3.8, 4) is 11.5 Å². The van der Waals surface area contributed by atoms with Crippen molar-refractivity contribution < 1.29 is 9.84 Å². The maximum Gasteiger partial charge on any atom is 0.128 e. The summed E-state index contributed by atoms with van der Waals surface area (Å²) >= 11 is 0. The van der Waals surface area contributed by atoms with Gasteiger partial charge in [-0.2, -0.15) is 0 Å². The summed E-state index contributed by atoms with van der Waals surface area (Å²) in [5.74, 6) is 1.14. The minimum absolute atomic E-state index is 0.00306. The number of aromatic hydroxyl groups is 1.